The number of nitrogens with two attached hydrogens (primary N) is 1. The van der Waals surface area contributed by atoms with E-state index in [1.807, 2.05) is 6.07 Å². The van der Waals surface area contributed by atoms with Crippen molar-refractivity contribution in [3.05, 3.63) is 35.1 Å². The standard InChI is InChI=1S/C13H20FNO/c1-3-7-16-8-6-13(15)11-5-4-10(2)12(14)9-11/h4-5,9,13H,3,6-8,15H2,1-2H3. The van der Waals surface area contributed by atoms with E-state index >= 15 is 0 Å². The smallest absolute Gasteiger partial charge is 0.126 e. The molecule has 3 heteroatoms. The lowest BCUT2D eigenvalue weighted by atomic mass is 10.0. The molecule has 0 aliphatic heterocycles. The molecule has 0 spiro atoms. The molecule has 0 saturated heterocycles. The van der Waals surface area contributed by atoms with Gasteiger partial charge in [-0.3, -0.25) is 0 Å². The average molecular weight is 225 g/mol. The van der Waals surface area contributed by atoms with Gasteiger partial charge in [0.05, 0.1) is 0 Å². The highest BCUT2D eigenvalue weighted by atomic mass is 19.1. The van der Waals surface area contributed by atoms with Crippen LogP contribution in [0.15, 0.2) is 18.2 Å². The molecule has 90 valence electrons. The summed E-state index contributed by atoms with van der Waals surface area (Å²) < 4.78 is 18.7. The topological polar surface area (TPSA) is 35.2 Å². The molecule has 0 amide bonds. The molecule has 2 nitrogen and oxygen atoms in total. The number of hydrogen-bond acceptors (Lipinski definition) is 2. The first-order valence-corrected chi connectivity index (χ1v) is 5.74. The van der Waals surface area contributed by atoms with Gasteiger partial charge < -0.3 is 10.5 Å². The largest absolute Gasteiger partial charge is 0.381 e. The maximum Gasteiger partial charge on any atom is 0.126 e. The predicted octanol–water partition coefficient (Wildman–Crippen LogP) is 2.95. The van der Waals surface area contributed by atoms with Crippen molar-refractivity contribution in [1.29, 1.82) is 0 Å². The summed E-state index contributed by atoms with van der Waals surface area (Å²) in [7, 11) is 0. The average Bonchev–Trinajstić information content (AvgIpc) is 2.28. The molecule has 0 bridgehead atoms. The van der Waals surface area contributed by atoms with Crippen molar-refractivity contribution < 1.29 is 9.13 Å². The van der Waals surface area contributed by atoms with E-state index in [1.165, 1.54) is 6.07 Å². The van der Waals surface area contributed by atoms with Gasteiger partial charge in [-0.25, -0.2) is 4.39 Å². The third-order valence-electron chi connectivity index (χ3n) is 2.55. The van der Waals surface area contributed by atoms with E-state index in [9.17, 15) is 4.39 Å². The van der Waals surface area contributed by atoms with Gasteiger partial charge in [-0.15, -0.1) is 0 Å². The fourth-order valence-electron chi connectivity index (χ4n) is 1.46. The lowest BCUT2D eigenvalue weighted by Crippen LogP contribution is -2.13. The van der Waals surface area contributed by atoms with Crippen molar-refractivity contribution in [2.24, 2.45) is 5.73 Å². The van der Waals surface area contributed by atoms with Crippen LogP contribution in [0.3, 0.4) is 0 Å². The van der Waals surface area contributed by atoms with Gasteiger partial charge in [0.15, 0.2) is 0 Å². The zero-order valence-corrected chi connectivity index (χ0v) is 10.0. The van der Waals surface area contributed by atoms with Crippen LogP contribution in [0.2, 0.25) is 0 Å². The summed E-state index contributed by atoms with van der Waals surface area (Å²) >= 11 is 0. The van der Waals surface area contributed by atoms with Crippen LogP contribution < -0.4 is 5.73 Å². The molecule has 1 atom stereocenters. The Morgan fingerprint density at radius 1 is 1.38 bits per heavy atom. The minimum atomic E-state index is -0.192. The Kier molecular flexibility index (Phi) is 5.43. The lowest BCUT2D eigenvalue weighted by molar-refractivity contribution is 0.128. The van der Waals surface area contributed by atoms with E-state index in [4.69, 9.17) is 10.5 Å². The second-order valence-corrected chi connectivity index (χ2v) is 4.02. The van der Waals surface area contributed by atoms with E-state index in [-0.39, 0.29) is 11.9 Å². The van der Waals surface area contributed by atoms with E-state index in [0.29, 0.717) is 12.2 Å². The van der Waals surface area contributed by atoms with Crippen LogP contribution in [0.4, 0.5) is 4.39 Å². The lowest BCUT2D eigenvalue weighted by Gasteiger charge is -2.12. The fourth-order valence-corrected chi connectivity index (χ4v) is 1.46. The summed E-state index contributed by atoms with van der Waals surface area (Å²) in [5.74, 6) is -0.192. The summed E-state index contributed by atoms with van der Waals surface area (Å²) in [4.78, 5) is 0. The van der Waals surface area contributed by atoms with Gasteiger partial charge in [-0.1, -0.05) is 19.1 Å². The van der Waals surface area contributed by atoms with Gasteiger partial charge in [0.25, 0.3) is 0 Å². The number of benzene rings is 1. The third-order valence-corrected chi connectivity index (χ3v) is 2.55. The van der Waals surface area contributed by atoms with E-state index < -0.39 is 0 Å². The van der Waals surface area contributed by atoms with Gasteiger partial charge in [0.2, 0.25) is 0 Å². The molecule has 1 aromatic carbocycles. The monoisotopic (exact) mass is 225 g/mol. The fraction of sp³-hybridized carbons (Fsp3) is 0.538. The number of aryl methyl sites for hydroxylation is 1. The van der Waals surface area contributed by atoms with Crippen molar-refractivity contribution in [1.82, 2.24) is 0 Å². The van der Waals surface area contributed by atoms with Crippen LogP contribution in [0.1, 0.15) is 36.9 Å². The summed E-state index contributed by atoms with van der Waals surface area (Å²) in [5, 5.41) is 0. The summed E-state index contributed by atoms with van der Waals surface area (Å²) in [6.45, 7) is 5.20. The molecular weight excluding hydrogens is 205 g/mol. The maximum atomic E-state index is 13.3. The molecule has 0 aromatic heterocycles. The van der Waals surface area contributed by atoms with Crippen molar-refractivity contribution >= 4 is 0 Å². The summed E-state index contributed by atoms with van der Waals surface area (Å²) in [5.41, 5.74) is 7.44. The molecule has 0 aliphatic rings. The first kappa shape index (κ1) is 13.1. The zero-order valence-electron chi connectivity index (χ0n) is 10.0. The second kappa shape index (κ2) is 6.61. The highest BCUT2D eigenvalue weighted by molar-refractivity contribution is 5.25. The highest BCUT2D eigenvalue weighted by Crippen LogP contribution is 2.17. The van der Waals surface area contributed by atoms with E-state index in [0.717, 1.165) is 25.0 Å². The summed E-state index contributed by atoms with van der Waals surface area (Å²) in [6, 6.07) is 5.01. The van der Waals surface area contributed by atoms with Gasteiger partial charge in [-0.05, 0) is 37.0 Å². The molecule has 1 unspecified atom stereocenters. The minimum Gasteiger partial charge on any atom is -0.381 e. The molecule has 16 heavy (non-hydrogen) atoms. The molecule has 0 saturated carbocycles. The Bertz CT molecular complexity index is 328. The Hall–Kier alpha value is -0.930. The van der Waals surface area contributed by atoms with Crippen molar-refractivity contribution in [3.63, 3.8) is 0 Å². The van der Waals surface area contributed by atoms with Crippen molar-refractivity contribution in [2.75, 3.05) is 13.2 Å². The molecular formula is C13H20FNO. The van der Waals surface area contributed by atoms with Crippen LogP contribution in [0.25, 0.3) is 0 Å². The number of hydrogen-bond donors (Lipinski definition) is 1. The predicted molar refractivity (Wildman–Crippen MR) is 63.8 cm³/mol. The number of halogens is 1. The van der Waals surface area contributed by atoms with Crippen LogP contribution in [0.5, 0.6) is 0 Å². The molecule has 0 radical (unpaired) electrons. The Morgan fingerprint density at radius 2 is 2.12 bits per heavy atom. The third kappa shape index (κ3) is 3.91. The van der Waals surface area contributed by atoms with Gasteiger partial charge in [0, 0.05) is 19.3 Å². The molecule has 0 heterocycles. The Labute approximate surface area is 96.6 Å². The number of rotatable bonds is 6. The van der Waals surface area contributed by atoms with Gasteiger partial charge in [-0.2, -0.15) is 0 Å². The van der Waals surface area contributed by atoms with E-state index in [2.05, 4.69) is 6.92 Å². The molecule has 1 aromatic rings. The first-order valence-electron chi connectivity index (χ1n) is 5.74. The molecule has 2 N–H and O–H groups in total. The SMILES string of the molecule is CCCOCCC(N)c1ccc(C)c(F)c1. The van der Waals surface area contributed by atoms with Crippen molar-refractivity contribution in [3.8, 4) is 0 Å². The number of ether oxygens (including phenoxy) is 1. The van der Waals surface area contributed by atoms with Crippen LogP contribution in [0, 0.1) is 12.7 Å². The van der Waals surface area contributed by atoms with Gasteiger partial charge in [0.1, 0.15) is 5.82 Å². The van der Waals surface area contributed by atoms with Crippen LogP contribution in [-0.2, 0) is 4.74 Å². The molecule has 0 aliphatic carbocycles. The molecule has 0 fully saturated rings. The highest BCUT2D eigenvalue weighted by Gasteiger charge is 2.07. The van der Waals surface area contributed by atoms with Crippen LogP contribution >= 0.6 is 0 Å². The second-order valence-electron chi connectivity index (χ2n) is 4.02. The van der Waals surface area contributed by atoms with Crippen molar-refractivity contribution in [2.45, 2.75) is 32.7 Å². The maximum absolute atomic E-state index is 13.3. The quantitative estimate of drug-likeness (QED) is 0.755. The Morgan fingerprint density at radius 3 is 2.75 bits per heavy atom. The first-order chi connectivity index (χ1) is 7.65. The van der Waals surface area contributed by atoms with Gasteiger partial charge >= 0.3 is 0 Å². The van der Waals surface area contributed by atoms with Crippen LogP contribution in [-0.4, -0.2) is 13.2 Å². The normalized spacial score (nSPS) is 12.8. The summed E-state index contributed by atoms with van der Waals surface area (Å²) in [6.07, 6.45) is 1.73. The molecule has 1 rings (SSSR count). The van der Waals surface area contributed by atoms with E-state index in [1.54, 1.807) is 13.0 Å². The minimum absolute atomic E-state index is 0.146. The zero-order chi connectivity index (χ0) is 12.0. The Balaban J connectivity index is 2.46.